The van der Waals surface area contributed by atoms with Gasteiger partial charge >= 0.3 is 59.2 Å². The van der Waals surface area contributed by atoms with Gasteiger partial charge in [-0.3, -0.25) is 14.7 Å². The number of benzene rings is 7. The molecule has 0 spiro atoms. The van der Waals surface area contributed by atoms with E-state index in [0.717, 1.165) is 58.7 Å². The highest BCUT2D eigenvalue weighted by molar-refractivity contribution is 7.85. The predicted octanol–water partition coefficient (Wildman–Crippen LogP) is 13.0. The molecular weight excluding hydrogens is 1340 g/mol. The molecule has 0 radical (unpaired) electrons. The average molecular weight is 1410 g/mol. The normalized spacial score (nSPS) is 10.2. The molecular formula is C63H74F3NO20S6. The summed E-state index contributed by atoms with van der Waals surface area (Å²) in [5, 5.41) is 10.4. The topological polar surface area (TPSA) is 354 Å². The minimum Gasteiger partial charge on any atom is -0.286 e. The van der Waals surface area contributed by atoms with E-state index >= 15 is 0 Å². The summed E-state index contributed by atoms with van der Waals surface area (Å²) in [6, 6.07) is 59.3. The van der Waals surface area contributed by atoms with Crippen molar-refractivity contribution in [2.24, 2.45) is 0 Å². The van der Waals surface area contributed by atoms with Crippen LogP contribution in [-0.2, 0) is 95.0 Å². The molecule has 0 unspecified atom stereocenters. The van der Waals surface area contributed by atoms with E-state index in [0.29, 0.717) is 6.42 Å². The summed E-state index contributed by atoms with van der Waals surface area (Å²) >= 11 is 0. The number of alkyl halides is 3. The van der Waals surface area contributed by atoms with Crippen molar-refractivity contribution in [3.63, 3.8) is 0 Å². The summed E-state index contributed by atoms with van der Waals surface area (Å²) in [7, 11) is -19.5. The maximum absolute atomic E-state index is 12.2. The standard InChI is InChI=1S/C14H12O3S.C11H16.C10H11F3.C10H14.C9H11NO2.C9H10.5O3S/c15-18(16,17)9-14-12-7-3-1-5-10(12)11-6-2-4-8-13(11)14;1-2-3-5-8-11-9-6-4-7-10-11;1-2-4-8-5-3-6-9(7-8)10(11,12)13;1-2-3-7-10-8-5-4-6-9-10;1-2-4-8-5-3-6-9(7-8)10(11)12;1-2-6-9-7-4-3-5-8-9;5*1-4(2)3/h1-8,14H,9H2,(H,15,16,17);4,6-7,9-10H,2-3,5,8H2,1H3;3,5-7H,2,4H2,1H3;4-6,8-9H,2-3,7H2,1H3;3,5-7H,2,4H2,1H3;2-8H,1H3;;;;;/b;;;;;6-2+;;;;;. The average Bonchev–Trinajstić information content (AvgIpc) is 1.62. The van der Waals surface area contributed by atoms with Crippen LogP contribution in [-0.4, -0.2) is 86.8 Å². The molecule has 0 saturated carbocycles. The number of aryl methyl sites for hydroxylation is 4. The first-order valence-electron chi connectivity index (χ1n) is 27.9. The fraction of sp³-hybridized carbons (Fsp3) is 0.302. The Morgan fingerprint density at radius 1 is 0.452 bits per heavy atom. The Morgan fingerprint density at radius 3 is 1.15 bits per heavy atom. The highest BCUT2D eigenvalue weighted by Crippen LogP contribution is 2.45. The number of rotatable bonds is 15. The first-order valence-corrected chi connectivity index (χ1v) is 34.5. The number of unbranched alkanes of at least 4 members (excludes halogenated alkanes) is 3. The van der Waals surface area contributed by atoms with Crippen molar-refractivity contribution in [2.45, 2.75) is 117 Å². The van der Waals surface area contributed by atoms with Crippen LogP contribution in [0.3, 0.4) is 0 Å². The summed E-state index contributed by atoms with van der Waals surface area (Å²) in [6.07, 6.45) is 12.5. The Morgan fingerprint density at radius 2 is 0.796 bits per heavy atom. The number of allylic oxidation sites excluding steroid dienone is 1. The van der Waals surface area contributed by atoms with Gasteiger partial charge in [-0.15, -0.1) is 63.1 Å². The molecule has 93 heavy (non-hydrogen) atoms. The smallest absolute Gasteiger partial charge is 0.286 e. The third-order valence-electron chi connectivity index (χ3n) is 11.5. The van der Waals surface area contributed by atoms with Gasteiger partial charge in [0.2, 0.25) is 0 Å². The van der Waals surface area contributed by atoms with E-state index < -0.39 is 74.9 Å². The molecule has 0 heterocycles. The molecule has 1 aliphatic rings. The summed E-state index contributed by atoms with van der Waals surface area (Å²) in [5.74, 6) is -0.534. The second-order valence-electron chi connectivity index (χ2n) is 18.6. The molecule has 0 saturated heterocycles. The van der Waals surface area contributed by atoms with Crippen molar-refractivity contribution in [1.29, 1.82) is 0 Å². The van der Waals surface area contributed by atoms with Crippen LogP contribution in [0.5, 0.6) is 0 Å². The molecule has 1 aliphatic carbocycles. The van der Waals surface area contributed by atoms with Gasteiger partial charge in [-0.05, 0) is 102 Å². The monoisotopic (exact) mass is 1410 g/mol. The van der Waals surface area contributed by atoms with E-state index in [1.807, 2.05) is 92.7 Å². The highest BCUT2D eigenvalue weighted by atomic mass is 32.2. The van der Waals surface area contributed by atoms with Gasteiger partial charge in [-0.1, -0.05) is 242 Å². The molecule has 7 aromatic rings. The fourth-order valence-corrected chi connectivity index (χ4v) is 8.74. The van der Waals surface area contributed by atoms with Crippen LogP contribution in [0.4, 0.5) is 18.9 Å². The minimum absolute atomic E-state index is 0.181. The van der Waals surface area contributed by atoms with Crippen LogP contribution in [0.25, 0.3) is 17.2 Å². The van der Waals surface area contributed by atoms with Gasteiger partial charge in [-0.2, -0.15) is 21.6 Å². The quantitative estimate of drug-likeness (QED) is 0.0431. The summed E-state index contributed by atoms with van der Waals surface area (Å²) in [5.41, 5.74) is 9.66. The third-order valence-corrected chi connectivity index (χ3v) is 12.3. The van der Waals surface area contributed by atoms with Gasteiger partial charge in [-0.25, -0.2) is 0 Å². The maximum Gasteiger partial charge on any atom is 0.425 e. The molecule has 0 aliphatic heterocycles. The number of fused-ring (bicyclic) bond motifs is 3. The van der Waals surface area contributed by atoms with Crippen LogP contribution < -0.4 is 0 Å². The molecule has 0 amide bonds. The zero-order valence-electron chi connectivity index (χ0n) is 51.3. The van der Waals surface area contributed by atoms with Crippen LogP contribution >= 0.6 is 0 Å². The van der Waals surface area contributed by atoms with Crippen molar-refractivity contribution >= 4 is 74.9 Å². The van der Waals surface area contributed by atoms with Gasteiger partial charge in [0.05, 0.1) is 16.2 Å². The van der Waals surface area contributed by atoms with E-state index in [1.165, 1.54) is 79.8 Å². The van der Waals surface area contributed by atoms with Crippen LogP contribution in [0, 0.1) is 10.1 Å². The van der Waals surface area contributed by atoms with Crippen LogP contribution in [0.2, 0.25) is 0 Å². The lowest BCUT2D eigenvalue weighted by atomic mass is 9.99. The predicted molar refractivity (Wildman–Crippen MR) is 347 cm³/mol. The van der Waals surface area contributed by atoms with Crippen molar-refractivity contribution in [3.8, 4) is 11.1 Å². The van der Waals surface area contributed by atoms with Gasteiger partial charge < -0.3 is 0 Å². The lowest BCUT2D eigenvalue weighted by molar-refractivity contribution is -0.384. The molecule has 21 nitrogen and oxygen atoms in total. The molecule has 8 rings (SSSR count). The van der Waals surface area contributed by atoms with Crippen molar-refractivity contribution in [2.75, 3.05) is 5.75 Å². The molecule has 0 aromatic heterocycles. The number of nitro groups is 1. The van der Waals surface area contributed by atoms with Gasteiger partial charge in [0.15, 0.2) is 0 Å². The zero-order valence-corrected chi connectivity index (χ0v) is 56.2. The molecule has 30 heteroatoms. The molecule has 7 aromatic carbocycles. The van der Waals surface area contributed by atoms with Gasteiger partial charge in [0.1, 0.15) is 0 Å². The summed E-state index contributed by atoms with van der Waals surface area (Å²) < 4.78 is 195. The Balaban J connectivity index is -0.000000997. The zero-order chi connectivity index (χ0) is 71.2. The fourth-order valence-electron chi connectivity index (χ4n) is 7.96. The van der Waals surface area contributed by atoms with Crippen LogP contribution in [0.1, 0.15) is 130 Å². The second-order valence-corrected chi connectivity index (χ2v) is 22.1. The lowest BCUT2D eigenvalue weighted by Gasteiger charge is -2.11. The first-order chi connectivity index (χ1) is 43.8. The molecule has 0 fully saturated rings. The van der Waals surface area contributed by atoms with E-state index in [9.17, 15) is 31.7 Å². The molecule has 508 valence electrons. The summed E-state index contributed by atoms with van der Waals surface area (Å²) in [4.78, 5) is 10.0. The van der Waals surface area contributed by atoms with E-state index in [2.05, 4.69) is 99.6 Å². The maximum atomic E-state index is 12.2. The Kier molecular flexibility index (Phi) is 51.6. The van der Waals surface area contributed by atoms with Gasteiger partial charge in [0, 0.05) is 18.1 Å². The Bertz CT molecular complexity index is 3740. The molecule has 0 bridgehead atoms. The number of hydrogen-bond donors (Lipinski definition) is 1. The highest BCUT2D eigenvalue weighted by Gasteiger charge is 2.31. The Hall–Kier alpha value is -8.52. The molecule has 0 atom stereocenters. The number of nitrogens with zero attached hydrogens (tertiary/aromatic N) is 1. The largest absolute Gasteiger partial charge is 0.425 e. The number of hydrogen-bond acceptors (Lipinski definition) is 19. The van der Waals surface area contributed by atoms with Gasteiger partial charge in [0.25, 0.3) is 15.8 Å². The summed E-state index contributed by atoms with van der Waals surface area (Å²) in [6.45, 7) is 10.5. The number of nitro benzene ring substituents is 1. The molecule has 1 N–H and O–H groups in total. The van der Waals surface area contributed by atoms with Crippen molar-refractivity contribution in [1.82, 2.24) is 0 Å². The van der Waals surface area contributed by atoms with Crippen molar-refractivity contribution < 1.29 is 94.2 Å². The second kappa shape index (κ2) is 54.1. The van der Waals surface area contributed by atoms with Crippen LogP contribution in [0.15, 0.2) is 194 Å². The van der Waals surface area contributed by atoms with Crippen molar-refractivity contribution in [3.05, 3.63) is 249 Å². The SMILES string of the molecule is C/C=C/c1ccccc1.CCCCCc1ccccc1.CCCCc1ccccc1.CCCc1cccc(C(F)(F)F)c1.CCCc1cccc([N+](=O)[O-])c1.O=S(=O)(O)CC1c2ccccc2-c2ccccc21.O=S(=O)=O.O=S(=O)=O.O=S(=O)=O.O=S(=O)=O.O=S(=O)=O. The number of non-ortho nitro benzene ring substituents is 1. The first kappa shape index (κ1) is 88.7. The minimum atomic E-state index is -4.22. The van der Waals surface area contributed by atoms with E-state index in [-0.39, 0.29) is 22.3 Å². The third kappa shape index (κ3) is 52.8. The number of halogens is 3. The van der Waals surface area contributed by atoms with E-state index in [4.69, 9.17) is 67.7 Å². The van der Waals surface area contributed by atoms with E-state index in [1.54, 1.807) is 18.2 Å². The Labute approximate surface area is 548 Å². The lowest BCUT2D eigenvalue weighted by Crippen LogP contribution is -2.12.